The molecule has 1 aliphatic heterocycles. The van der Waals surface area contributed by atoms with Gasteiger partial charge in [-0.3, -0.25) is 14.9 Å². The van der Waals surface area contributed by atoms with Gasteiger partial charge in [-0.05, 0) is 31.9 Å². The molecule has 0 aliphatic carbocycles. The van der Waals surface area contributed by atoms with Gasteiger partial charge in [-0.25, -0.2) is 4.98 Å². The average Bonchev–Trinajstić information content (AvgIpc) is 3.55. The monoisotopic (exact) mass is 431 g/mol. The third kappa shape index (κ3) is 3.87. The first-order chi connectivity index (χ1) is 15.6. The van der Waals surface area contributed by atoms with Crippen molar-refractivity contribution in [3.8, 4) is 11.4 Å². The van der Waals surface area contributed by atoms with Crippen molar-refractivity contribution in [3.05, 3.63) is 59.7 Å². The van der Waals surface area contributed by atoms with Crippen molar-refractivity contribution in [1.82, 2.24) is 30.3 Å². The van der Waals surface area contributed by atoms with Crippen LogP contribution in [0.25, 0.3) is 11.4 Å². The lowest BCUT2D eigenvalue weighted by Gasteiger charge is -2.23. The Bertz CT molecular complexity index is 1250. The largest absolute Gasteiger partial charge is 0.364 e. The highest BCUT2D eigenvalue weighted by Gasteiger charge is 2.32. The van der Waals surface area contributed by atoms with Crippen LogP contribution in [0, 0.1) is 6.92 Å². The lowest BCUT2D eigenvalue weighted by atomic mass is 10.1. The van der Waals surface area contributed by atoms with Crippen LogP contribution in [0.15, 0.2) is 47.1 Å². The van der Waals surface area contributed by atoms with Crippen molar-refractivity contribution >= 4 is 23.5 Å². The van der Waals surface area contributed by atoms with Crippen LogP contribution in [0.1, 0.15) is 40.8 Å². The van der Waals surface area contributed by atoms with E-state index in [0.29, 0.717) is 35.6 Å². The van der Waals surface area contributed by atoms with E-state index in [1.165, 1.54) is 6.07 Å². The zero-order valence-corrected chi connectivity index (χ0v) is 17.3. The molecule has 1 amide bonds. The third-order valence-electron chi connectivity index (χ3n) is 5.22. The molecule has 5 heterocycles. The molecule has 4 N–H and O–H groups in total. The smallest absolute Gasteiger partial charge is 0.267 e. The van der Waals surface area contributed by atoms with Crippen molar-refractivity contribution in [3.63, 3.8) is 0 Å². The Hall–Kier alpha value is -4.28. The molecule has 11 heteroatoms. The van der Waals surface area contributed by atoms with E-state index in [4.69, 9.17) is 10.3 Å². The summed E-state index contributed by atoms with van der Waals surface area (Å²) in [6.45, 7) is 2.59. The van der Waals surface area contributed by atoms with E-state index in [0.717, 1.165) is 24.2 Å². The van der Waals surface area contributed by atoms with Crippen LogP contribution in [-0.2, 0) is 0 Å². The number of aromatic amines is 1. The Balaban J connectivity index is 1.46. The Labute approximate surface area is 183 Å². The molecular weight excluding hydrogens is 410 g/mol. The standard InChI is InChI=1S/C21H21N9O2/c1-12-9-19(28-27-12)25-18-11-15(20(22)31)24-21(26-18)30-8-4-6-16(30)17-10-14(29-32-17)13-5-2-3-7-23-13/h2-3,5,7,9-11,16H,4,6,8H2,1H3,(H2,22,31)(H2,24,25,26,27,28). The van der Waals surface area contributed by atoms with Crippen LogP contribution < -0.4 is 16.0 Å². The summed E-state index contributed by atoms with van der Waals surface area (Å²) in [5.74, 6) is 1.44. The topological polar surface area (TPSA) is 152 Å². The number of hydrogen-bond acceptors (Lipinski definition) is 9. The Kier molecular flexibility index (Phi) is 4.98. The summed E-state index contributed by atoms with van der Waals surface area (Å²) in [4.78, 5) is 27.2. The number of anilines is 3. The van der Waals surface area contributed by atoms with Crippen molar-refractivity contribution < 1.29 is 9.32 Å². The summed E-state index contributed by atoms with van der Waals surface area (Å²) < 4.78 is 5.65. The number of carbonyl (C=O) groups is 1. The zero-order chi connectivity index (χ0) is 22.1. The van der Waals surface area contributed by atoms with Gasteiger partial charge in [0.1, 0.15) is 17.2 Å². The first kappa shape index (κ1) is 19.7. The number of hydrogen-bond donors (Lipinski definition) is 3. The fourth-order valence-electron chi connectivity index (χ4n) is 3.75. The molecule has 1 fully saturated rings. The van der Waals surface area contributed by atoms with Gasteiger partial charge in [-0.15, -0.1) is 0 Å². The molecule has 1 atom stereocenters. The number of nitrogens with zero attached hydrogens (tertiary/aromatic N) is 6. The van der Waals surface area contributed by atoms with Crippen LogP contribution in [0.4, 0.5) is 17.6 Å². The van der Waals surface area contributed by atoms with Crippen LogP contribution in [0.5, 0.6) is 0 Å². The van der Waals surface area contributed by atoms with Gasteiger partial charge in [-0.2, -0.15) is 10.1 Å². The molecule has 0 bridgehead atoms. The minimum atomic E-state index is -0.636. The number of aryl methyl sites for hydroxylation is 1. The maximum Gasteiger partial charge on any atom is 0.267 e. The van der Waals surface area contributed by atoms with Gasteiger partial charge >= 0.3 is 0 Å². The number of pyridine rings is 1. The van der Waals surface area contributed by atoms with Gasteiger partial charge in [0.2, 0.25) is 5.95 Å². The van der Waals surface area contributed by atoms with E-state index in [1.807, 2.05) is 42.2 Å². The second-order valence-corrected chi connectivity index (χ2v) is 7.54. The van der Waals surface area contributed by atoms with E-state index in [1.54, 1.807) is 6.20 Å². The maximum absolute atomic E-state index is 11.9. The van der Waals surface area contributed by atoms with E-state index in [9.17, 15) is 4.79 Å². The summed E-state index contributed by atoms with van der Waals surface area (Å²) in [6, 6.07) is 10.7. The Morgan fingerprint density at radius 3 is 2.88 bits per heavy atom. The molecule has 11 nitrogen and oxygen atoms in total. The molecule has 1 saturated heterocycles. The molecular formula is C21H21N9O2. The normalized spacial score (nSPS) is 15.8. The molecule has 1 unspecified atom stereocenters. The molecule has 0 aromatic carbocycles. The van der Waals surface area contributed by atoms with Gasteiger partial charge in [0.25, 0.3) is 5.91 Å². The molecule has 32 heavy (non-hydrogen) atoms. The number of aromatic nitrogens is 6. The number of carbonyl (C=O) groups excluding carboxylic acids is 1. The fraction of sp³-hybridized carbons (Fsp3) is 0.238. The third-order valence-corrected chi connectivity index (χ3v) is 5.22. The number of nitrogens with two attached hydrogens (primary N) is 1. The number of amides is 1. The number of primary amides is 1. The predicted molar refractivity (Wildman–Crippen MR) is 116 cm³/mol. The molecule has 4 aromatic heterocycles. The minimum absolute atomic E-state index is 0.113. The molecule has 162 valence electrons. The summed E-state index contributed by atoms with van der Waals surface area (Å²) in [5, 5.41) is 14.3. The summed E-state index contributed by atoms with van der Waals surface area (Å²) in [7, 11) is 0. The highest BCUT2D eigenvalue weighted by molar-refractivity contribution is 5.92. The van der Waals surface area contributed by atoms with Crippen LogP contribution >= 0.6 is 0 Å². The number of H-pyrrole nitrogens is 1. The Morgan fingerprint density at radius 1 is 1.22 bits per heavy atom. The lowest BCUT2D eigenvalue weighted by molar-refractivity contribution is 0.0995. The first-order valence-corrected chi connectivity index (χ1v) is 10.2. The van der Waals surface area contributed by atoms with Crippen LogP contribution in [0.2, 0.25) is 0 Å². The quantitative estimate of drug-likeness (QED) is 0.418. The second kappa shape index (κ2) is 8.10. The molecule has 0 radical (unpaired) electrons. The molecule has 0 saturated carbocycles. The van der Waals surface area contributed by atoms with E-state index < -0.39 is 5.91 Å². The summed E-state index contributed by atoms with van der Waals surface area (Å²) in [5.41, 5.74) is 7.93. The highest BCUT2D eigenvalue weighted by atomic mass is 16.5. The first-order valence-electron chi connectivity index (χ1n) is 10.2. The van der Waals surface area contributed by atoms with E-state index in [2.05, 4.69) is 35.6 Å². The van der Waals surface area contributed by atoms with Crippen LogP contribution in [0.3, 0.4) is 0 Å². The predicted octanol–water partition coefficient (Wildman–Crippen LogP) is 2.74. The lowest BCUT2D eigenvalue weighted by Crippen LogP contribution is -2.26. The van der Waals surface area contributed by atoms with Crippen molar-refractivity contribution in [1.29, 1.82) is 0 Å². The summed E-state index contributed by atoms with van der Waals surface area (Å²) >= 11 is 0. The van der Waals surface area contributed by atoms with Crippen molar-refractivity contribution in [2.45, 2.75) is 25.8 Å². The van der Waals surface area contributed by atoms with Gasteiger partial charge in [0.05, 0.1) is 11.7 Å². The Morgan fingerprint density at radius 2 is 2.12 bits per heavy atom. The van der Waals surface area contributed by atoms with Crippen LogP contribution in [-0.4, -0.2) is 42.8 Å². The van der Waals surface area contributed by atoms with E-state index >= 15 is 0 Å². The second-order valence-electron chi connectivity index (χ2n) is 7.54. The fourth-order valence-corrected chi connectivity index (χ4v) is 3.75. The molecule has 0 spiro atoms. The maximum atomic E-state index is 11.9. The van der Waals surface area contributed by atoms with Crippen molar-refractivity contribution in [2.75, 3.05) is 16.8 Å². The average molecular weight is 431 g/mol. The van der Waals surface area contributed by atoms with Gasteiger partial charge in [0.15, 0.2) is 11.6 Å². The number of nitrogens with one attached hydrogen (secondary N) is 2. The van der Waals surface area contributed by atoms with Gasteiger partial charge in [0, 0.05) is 36.6 Å². The molecule has 4 aromatic rings. The van der Waals surface area contributed by atoms with E-state index in [-0.39, 0.29) is 11.7 Å². The molecule has 5 rings (SSSR count). The zero-order valence-electron chi connectivity index (χ0n) is 17.3. The number of rotatable bonds is 6. The van der Waals surface area contributed by atoms with Crippen molar-refractivity contribution in [2.24, 2.45) is 5.73 Å². The van der Waals surface area contributed by atoms with Gasteiger partial charge in [-0.1, -0.05) is 11.2 Å². The molecule has 1 aliphatic rings. The summed E-state index contributed by atoms with van der Waals surface area (Å²) in [6.07, 6.45) is 3.46. The minimum Gasteiger partial charge on any atom is -0.364 e. The van der Waals surface area contributed by atoms with Gasteiger partial charge < -0.3 is 20.5 Å². The highest BCUT2D eigenvalue weighted by Crippen LogP contribution is 2.36. The SMILES string of the molecule is Cc1cc(Nc2cc(C(N)=O)nc(N3CCCC3c3cc(-c4ccccn4)no3)n2)n[nH]1.